The number of nitro groups is 1. The molecule has 0 radical (unpaired) electrons. The van der Waals surface area contributed by atoms with E-state index in [1.807, 2.05) is 37.4 Å². The molecule has 0 N–H and O–H groups in total. The van der Waals surface area contributed by atoms with Crippen LogP contribution in [0.4, 0.5) is 11.4 Å². The van der Waals surface area contributed by atoms with Crippen molar-refractivity contribution < 1.29 is 18.1 Å². The summed E-state index contributed by atoms with van der Waals surface area (Å²) in [4.78, 5) is 15.1. The number of anilines is 1. The van der Waals surface area contributed by atoms with Gasteiger partial charge in [-0.15, -0.1) is 0 Å². The lowest BCUT2D eigenvalue weighted by atomic mass is 10.0. The molecule has 0 aliphatic carbocycles. The normalized spacial score (nSPS) is 21.2. The fourth-order valence-electron chi connectivity index (χ4n) is 4.15. The summed E-state index contributed by atoms with van der Waals surface area (Å²) in [7, 11) is -1.89. The van der Waals surface area contributed by atoms with Gasteiger partial charge in [0, 0.05) is 44.9 Å². The maximum absolute atomic E-state index is 13.5. The van der Waals surface area contributed by atoms with Gasteiger partial charge in [-0.25, -0.2) is 8.42 Å². The number of hydrogen-bond donors (Lipinski definition) is 0. The third kappa shape index (κ3) is 4.42. The Bertz CT molecular complexity index is 1040. The van der Waals surface area contributed by atoms with Crippen molar-refractivity contribution in [3.8, 4) is 0 Å². The lowest BCUT2D eigenvalue weighted by molar-refractivity contribution is -0.385. The van der Waals surface area contributed by atoms with E-state index in [0.29, 0.717) is 25.4 Å². The van der Waals surface area contributed by atoms with E-state index in [2.05, 4.69) is 9.80 Å². The number of ether oxygens (including phenoxy) is 1. The number of nitro benzene ring substituents is 1. The Labute approximate surface area is 182 Å². The Balaban J connectivity index is 1.82. The number of rotatable bonds is 5. The highest BCUT2D eigenvalue weighted by molar-refractivity contribution is 7.89. The molecule has 2 aliphatic heterocycles. The van der Waals surface area contributed by atoms with Crippen LogP contribution in [0.5, 0.6) is 0 Å². The fourth-order valence-corrected chi connectivity index (χ4v) is 5.78. The molecule has 2 saturated heterocycles. The first-order valence-electron chi connectivity index (χ1n) is 10.2. The zero-order chi connectivity index (χ0) is 22.0. The second kappa shape index (κ2) is 8.91. The second-order valence-electron chi connectivity index (χ2n) is 7.81. The number of non-ortho nitro benzene ring substituents is 1. The molecule has 2 fully saturated rings. The number of likely N-dealkylation sites (N-methyl/N-ethyl adjacent to an activating group) is 1. The number of piperazine rings is 1. The highest BCUT2D eigenvalue weighted by atomic mass is 32.2. The summed E-state index contributed by atoms with van der Waals surface area (Å²) in [6.45, 7) is 3.18. The van der Waals surface area contributed by atoms with E-state index in [1.165, 1.54) is 16.4 Å². The molecule has 1 atom stereocenters. The number of hydrogen-bond acceptors (Lipinski definition) is 7. The summed E-state index contributed by atoms with van der Waals surface area (Å²) in [5, 5.41) is 11.4. The summed E-state index contributed by atoms with van der Waals surface area (Å²) in [6.07, 6.45) is 0. The van der Waals surface area contributed by atoms with Crippen molar-refractivity contribution in [2.75, 3.05) is 57.9 Å². The monoisotopic (exact) mass is 446 g/mol. The molecule has 4 rings (SSSR count). The van der Waals surface area contributed by atoms with Crippen LogP contribution in [0.2, 0.25) is 0 Å². The van der Waals surface area contributed by atoms with Gasteiger partial charge in [0.05, 0.1) is 29.9 Å². The minimum atomic E-state index is -3.92. The first-order chi connectivity index (χ1) is 14.9. The van der Waals surface area contributed by atoms with Gasteiger partial charge in [0.15, 0.2) is 0 Å². The zero-order valence-corrected chi connectivity index (χ0v) is 18.2. The van der Waals surface area contributed by atoms with E-state index < -0.39 is 14.9 Å². The maximum Gasteiger partial charge on any atom is 0.270 e. The van der Waals surface area contributed by atoms with E-state index in [0.717, 1.165) is 18.7 Å². The van der Waals surface area contributed by atoms with Crippen LogP contribution in [0.25, 0.3) is 0 Å². The number of sulfonamides is 1. The van der Waals surface area contributed by atoms with Gasteiger partial charge in [-0.1, -0.05) is 30.3 Å². The summed E-state index contributed by atoms with van der Waals surface area (Å²) in [5.41, 5.74) is 1.34. The first kappa shape index (κ1) is 21.7. The minimum absolute atomic E-state index is 0.0194. The lowest BCUT2D eigenvalue weighted by Crippen LogP contribution is -2.48. The van der Waals surface area contributed by atoms with Crippen molar-refractivity contribution in [2.24, 2.45) is 0 Å². The Morgan fingerprint density at radius 3 is 2.42 bits per heavy atom. The Morgan fingerprint density at radius 1 is 1.03 bits per heavy atom. The third-order valence-electron chi connectivity index (χ3n) is 5.82. The van der Waals surface area contributed by atoms with Gasteiger partial charge in [-0.2, -0.15) is 4.31 Å². The van der Waals surface area contributed by atoms with Crippen molar-refractivity contribution in [1.82, 2.24) is 9.21 Å². The Kier molecular flexibility index (Phi) is 6.24. The number of morpholine rings is 1. The van der Waals surface area contributed by atoms with Crippen LogP contribution in [0.3, 0.4) is 0 Å². The molecule has 2 aliphatic rings. The van der Waals surface area contributed by atoms with Gasteiger partial charge in [-0.05, 0) is 18.7 Å². The van der Waals surface area contributed by atoms with Crippen molar-refractivity contribution >= 4 is 21.4 Å². The largest absolute Gasteiger partial charge is 0.379 e. The van der Waals surface area contributed by atoms with Crippen LogP contribution in [0.1, 0.15) is 11.6 Å². The van der Waals surface area contributed by atoms with E-state index in [1.54, 1.807) is 6.07 Å². The fraction of sp³-hybridized carbons (Fsp3) is 0.429. The standard InChI is InChI=1S/C21H26N4O5S/c1-22-9-10-24(20(16-22)17-5-3-2-4-6-17)19-8-7-18(25(26)27)15-21(19)31(28,29)23-11-13-30-14-12-23/h2-8,15,20H,9-14,16H2,1H3. The summed E-state index contributed by atoms with van der Waals surface area (Å²) in [6, 6.07) is 14.0. The number of benzene rings is 2. The molecule has 2 aromatic rings. The van der Waals surface area contributed by atoms with Crippen molar-refractivity contribution in [3.63, 3.8) is 0 Å². The molecular formula is C21H26N4O5S. The molecule has 2 heterocycles. The van der Waals surface area contributed by atoms with Crippen LogP contribution < -0.4 is 4.90 Å². The van der Waals surface area contributed by atoms with E-state index >= 15 is 0 Å². The quantitative estimate of drug-likeness (QED) is 0.513. The van der Waals surface area contributed by atoms with Crippen LogP contribution in [-0.2, 0) is 14.8 Å². The van der Waals surface area contributed by atoms with Gasteiger partial charge < -0.3 is 14.5 Å². The third-order valence-corrected chi connectivity index (χ3v) is 7.75. The predicted molar refractivity (Wildman–Crippen MR) is 117 cm³/mol. The molecule has 0 aromatic heterocycles. The molecule has 9 nitrogen and oxygen atoms in total. The minimum Gasteiger partial charge on any atom is -0.379 e. The van der Waals surface area contributed by atoms with Gasteiger partial charge in [-0.3, -0.25) is 10.1 Å². The van der Waals surface area contributed by atoms with Crippen molar-refractivity contribution in [3.05, 3.63) is 64.2 Å². The molecule has 0 spiro atoms. The topological polar surface area (TPSA) is 96.2 Å². The molecule has 2 aromatic carbocycles. The molecule has 31 heavy (non-hydrogen) atoms. The Morgan fingerprint density at radius 2 is 1.74 bits per heavy atom. The Hall–Kier alpha value is -2.53. The highest BCUT2D eigenvalue weighted by Gasteiger charge is 2.35. The van der Waals surface area contributed by atoms with Crippen LogP contribution in [-0.4, -0.2) is 75.5 Å². The summed E-state index contributed by atoms with van der Waals surface area (Å²) >= 11 is 0. The predicted octanol–water partition coefficient (Wildman–Crippen LogP) is 2.11. The van der Waals surface area contributed by atoms with Crippen molar-refractivity contribution in [1.29, 1.82) is 0 Å². The average Bonchev–Trinajstić information content (AvgIpc) is 2.80. The second-order valence-corrected chi connectivity index (χ2v) is 9.71. The van der Waals surface area contributed by atoms with Gasteiger partial charge in [0.25, 0.3) is 5.69 Å². The van der Waals surface area contributed by atoms with Gasteiger partial charge in [0.1, 0.15) is 4.90 Å². The van der Waals surface area contributed by atoms with Gasteiger partial charge in [0.2, 0.25) is 10.0 Å². The molecule has 0 saturated carbocycles. The summed E-state index contributed by atoms with van der Waals surface area (Å²) < 4.78 is 33.7. The molecule has 166 valence electrons. The molecule has 0 bridgehead atoms. The number of nitrogens with zero attached hydrogens (tertiary/aromatic N) is 4. The zero-order valence-electron chi connectivity index (χ0n) is 17.4. The lowest BCUT2D eigenvalue weighted by Gasteiger charge is -2.42. The van der Waals surface area contributed by atoms with Crippen LogP contribution in [0, 0.1) is 10.1 Å². The van der Waals surface area contributed by atoms with Crippen molar-refractivity contribution in [2.45, 2.75) is 10.9 Å². The molecular weight excluding hydrogens is 420 g/mol. The molecule has 10 heteroatoms. The molecule has 1 unspecified atom stereocenters. The first-order valence-corrected chi connectivity index (χ1v) is 11.7. The SMILES string of the molecule is CN1CCN(c2ccc([N+](=O)[O-])cc2S(=O)(=O)N2CCOCC2)C(c2ccccc2)C1. The van der Waals surface area contributed by atoms with Crippen LogP contribution >= 0.6 is 0 Å². The van der Waals surface area contributed by atoms with E-state index in [9.17, 15) is 18.5 Å². The van der Waals surface area contributed by atoms with Gasteiger partial charge >= 0.3 is 0 Å². The van der Waals surface area contributed by atoms with E-state index in [4.69, 9.17) is 4.74 Å². The van der Waals surface area contributed by atoms with E-state index in [-0.39, 0.29) is 29.7 Å². The maximum atomic E-state index is 13.5. The average molecular weight is 447 g/mol. The van der Waals surface area contributed by atoms with Crippen LogP contribution in [0.15, 0.2) is 53.4 Å². The summed E-state index contributed by atoms with van der Waals surface area (Å²) in [5.74, 6) is 0. The smallest absolute Gasteiger partial charge is 0.270 e. The molecule has 0 amide bonds. The highest BCUT2D eigenvalue weighted by Crippen LogP contribution is 2.37.